The van der Waals surface area contributed by atoms with Crippen LogP contribution in [0.4, 0.5) is 4.39 Å². The number of aromatic nitrogens is 6. The summed E-state index contributed by atoms with van der Waals surface area (Å²) in [5.74, 6) is 0.0786. The van der Waals surface area contributed by atoms with Crippen LogP contribution in [0, 0.1) is 0 Å². The molecule has 30 heavy (non-hydrogen) atoms. The number of piperidine rings is 1. The Kier molecular flexibility index (Phi) is 3.85. The van der Waals surface area contributed by atoms with Gasteiger partial charge in [-0.1, -0.05) is 5.21 Å². The average molecular weight is 405 g/mol. The SMILES string of the molecule is Oc1cc(-n2ccnn2)ccc1-c1cc2ccn([C@H]3C[C@@H]4CC[C@@H](N4)[C@H]3F)c2nn1. The van der Waals surface area contributed by atoms with Crippen molar-refractivity contribution in [1.29, 1.82) is 0 Å². The van der Waals surface area contributed by atoms with Crippen molar-refractivity contribution in [2.75, 3.05) is 0 Å². The van der Waals surface area contributed by atoms with Gasteiger partial charge < -0.3 is 15.0 Å². The number of hydrogen-bond donors (Lipinski definition) is 2. The van der Waals surface area contributed by atoms with Gasteiger partial charge >= 0.3 is 0 Å². The van der Waals surface area contributed by atoms with Gasteiger partial charge in [0.25, 0.3) is 0 Å². The molecule has 3 aromatic heterocycles. The number of phenols is 1. The third kappa shape index (κ3) is 2.69. The Morgan fingerprint density at radius 3 is 2.87 bits per heavy atom. The summed E-state index contributed by atoms with van der Waals surface area (Å²) in [7, 11) is 0. The van der Waals surface area contributed by atoms with Crippen LogP contribution < -0.4 is 5.32 Å². The molecule has 5 heterocycles. The van der Waals surface area contributed by atoms with Gasteiger partial charge in [-0.2, -0.15) is 0 Å². The molecular weight excluding hydrogens is 385 g/mol. The topological polar surface area (TPSA) is 93.7 Å². The van der Waals surface area contributed by atoms with Crippen LogP contribution >= 0.6 is 0 Å². The van der Waals surface area contributed by atoms with Crippen LogP contribution in [0.15, 0.2) is 48.9 Å². The predicted molar refractivity (Wildman–Crippen MR) is 108 cm³/mol. The molecule has 1 aromatic carbocycles. The van der Waals surface area contributed by atoms with Crippen LogP contribution in [0.2, 0.25) is 0 Å². The summed E-state index contributed by atoms with van der Waals surface area (Å²) in [5.41, 5.74) is 2.50. The summed E-state index contributed by atoms with van der Waals surface area (Å²) in [5, 5.41) is 31.2. The van der Waals surface area contributed by atoms with Crippen LogP contribution in [0.5, 0.6) is 5.75 Å². The van der Waals surface area contributed by atoms with Crippen molar-refractivity contribution in [2.45, 2.75) is 43.6 Å². The third-order valence-electron chi connectivity index (χ3n) is 6.32. The summed E-state index contributed by atoms with van der Waals surface area (Å²) >= 11 is 0. The number of aromatic hydroxyl groups is 1. The lowest BCUT2D eigenvalue weighted by Gasteiger charge is -2.33. The maximum absolute atomic E-state index is 15.0. The van der Waals surface area contributed by atoms with E-state index in [1.807, 2.05) is 29.0 Å². The lowest BCUT2D eigenvalue weighted by atomic mass is 9.97. The van der Waals surface area contributed by atoms with Crippen LogP contribution in [-0.4, -0.2) is 53.1 Å². The van der Waals surface area contributed by atoms with Gasteiger partial charge in [0.15, 0.2) is 5.65 Å². The third-order valence-corrected chi connectivity index (χ3v) is 6.32. The molecule has 2 saturated heterocycles. The van der Waals surface area contributed by atoms with E-state index < -0.39 is 6.17 Å². The van der Waals surface area contributed by atoms with Crippen LogP contribution in [0.25, 0.3) is 28.0 Å². The standard InChI is InChI=1S/C21H20FN7O/c22-20-16-4-1-13(24-16)10-18(20)28-7-5-12-9-17(25-26-21(12)28)15-3-2-14(11-19(15)30)29-8-6-23-27-29/h2-3,5-9,11,13,16,18,20,24,30H,1,4,10H2/t13-,16+,18-,20+/m0/s1. The summed E-state index contributed by atoms with van der Waals surface area (Å²) in [6.07, 6.45) is 6.92. The highest BCUT2D eigenvalue weighted by Gasteiger charge is 2.43. The van der Waals surface area contributed by atoms with Crippen molar-refractivity contribution in [1.82, 2.24) is 35.1 Å². The second kappa shape index (κ2) is 6.60. The Labute approximate surface area is 171 Å². The fourth-order valence-electron chi connectivity index (χ4n) is 4.82. The number of rotatable bonds is 3. The lowest BCUT2D eigenvalue weighted by Crippen LogP contribution is -2.47. The minimum absolute atomic E-state index is 0.0705. The maximum Gasteiger partial charge on any atom is 0.162 e. The molecule has 0 radical (unpaired) electrons. The van der Waals surface area contributed by atoms with Crippen LogP contribution in [-0.2, 0) is 0 Å². The number of halogens is 1. The number of phenolic OH excluding ortho intramolecular Hbond substituents is 1. The molecule has 2 N–H and O–H groups in total. The van der Waals surface area contributed by atoms with Gasteiger partial charge in [0, 0.05) is 35.3 Å². The number of benzene rings is 1. The largest absolute Gasteiger partial charge is 0.507 e. The van der Waals surface area contributed by atoms with Gasteiger partial charge in [-0.05, 0) is 43.5 Å². The monoisotopic (exact) mass is 405 g/mol. The number of hydrogen-bond acceptors (Lipinski definition) is 6. The van der Waals surface area contributed by atoms with Crippen molar-refractivity contribution in [3.05, 3.63) is 48.9 Å². The van der Waals surface area contributed by atoms with Crippen molar-refractivity contribution in [3.63, 3.8) is 0 Å². The molecule has 8 nitrogen and oxygen atoms in total. The number of alkyl halides is 1. The van der Waals surface area contributed by atoms with E-state index in [-0.39, 0.29) is 17.8 Å². The van der Waals surface area contributed by atoms with Gasteiger partial charge in [-0.25, -0.2) is 9.07 Å². The molecule has 4 aromatic rings. The van der Waals surface area contributed by atoms with Gasteiger partial charge in [0.2, 0.25) is 0 Å². The van der Waals surface area contributed by atoms with E-state index in [9.17, 15) is 5.11 Å². The second-order valence-corrected chi connectivity index (χ2v) is 8.08. The normalized spacial score (nSPS) is 25.8. The van der Waals surface area contributed by atoms with E-state index in [1.54, 1.807) is 29.2 Å². The van der Waals surface area contributed by atoms with E-state index in [0.29, 0.717) is 28.6 Å². The van der Waals surface area contributed by atoms with Gasteiger partial charge in [-0.15, -0.1) is 15.3 Å². The molecule has 2 bridgehead atoms. The first-order chi connectivity index (χ1) is 14.7. The highest BCUT2D eigenvalue weighted by Crippen LogP contribution is 2.38. The summed E-state index contributed by atoms with van der Waals surface area (Å²) < 4.78 is 18.5. The zero-order valence-corrected chi connectivity index (χ0v) is 16.1. The van der Waals surface area contributed by atoms with E-state index >= 15 is 4.39 Å². The van der Waals surface area contributed by atoms with E-state index in [1.165, 1.54) is 0 Å². The van der Waals surface area contributed by atoms with Crippen LogP contribution in [0.3, 0.4) is 0 Å². The zero-order valence-electron chi connectivity index (χ0n) is 16.1. The fraction of sp³-hybridized carbons (Fsp3) is 0.333. The Morgan fingerprint density at radius 2 is 2.03 bits per heavy atom. The first-order valence-corrected chi connectivity index (χ1v) is 10.1. The molecule has 4 atom stereocenters. The second-order valence-electron chi connectivity index (χ2n) is 8.08. The number of nitrogens with zero attached hydrogens (tertiary/aromatic N) is 6. The Bertz CT molecular complexity index is 1220. The van der Waals surface area contributed by atoms with Gasteiger partial charge in [-0.3, -0.25) is 0 Å². The van der Waals surface area contributed by atoms with E-state index in [2.05, 4.69) is 25.8 Å². The summed E-state index contributed by atoms with van der Waals surface area (Å²) in [6.45, 7) is 0. The molecule has 0 spiro atoms. The van der Waals surface area contributed by atoms with E-state index in [0.717, 1.165) is 24.6 Å². The van der Waals surface area contributed by atoms with Crippen molar-refractivity contribution < 1.29 is 9.50 Å². The molecule has 0 amide bonds. The quantitative estimate of drug-likeness (QED) is 0.544. The predicted octanol–water partition coefficient (Wildman–Crippen LogP) is 2.79. The average Bonchev–Trinajstić information content (AvgIpc) is 3.50. The number of fused-ring (bicyclic) bond motifs is 3. The first kappa shape index (κ1) is 17.5. The minimum Gasteiger partial charge on any atom is -0.507 e. The smallest absolute Gasteiger partial charge is 0.162 e. The molecule has 0 saturated carbocycles. The maximum atomic E-state index is 15.0. The Balaban J connectivity index is 1.35. The molecule has 152 valence electrons. The van der Waals surface area contributed by atoms with E-state index in [4.69, 9.17) is 0 Å². The van der Waals surface area contributed by atoms with Gasteiger partial charge in [0.05, 0.1) is 29.8 Å². The molecule has 2 aliphatic rings. The molecule has 0 unspecified atom stereocenters. The first-order valence-electron chi connectivity index (χ1n) is 10.1. The summed E-state index contributed by atoms with van der Waals surface area (Å²) in [4.78, 5) is 0. The number of nitrogens with one attached hydrogen (secondary N) is 1. The van der Waals surface area contributed by atoms with Crippen molar-refractivity contribution in [3.8, 4) is 22.7 Å². The highest BCUT2D eigenvalue weighted by molar-refractivity contribution is 5.81. The molecule has 6 rings (SSSR count). The van der Waals surface area contributed by atoms with Gasteiger partial charge in [0.1, 0.15) is 11.9 Å². The molecule has 2 fully saturated rings. The molecule has 2 aliphatic heterocycles. The highest BCUT2D eigenvalue weighted by atomic mass is 19.1. The Hall–Kier alpha value is -3.33. The van der Waals surface area contributed by atoms with Crippen molar-refractivity contribution in [2.24, 2.45) is 0 Å². The molecule has 0 aliphatic carbocycles. The summed E-state index contributed by atoms with van der Waals surface area (Å²) in [6, 6.07) is 9.12. The molecule has 9 heteroatoms. The van der Waals surface area contributed by atoms with Crippen molar-refractivity contribution >= 4 is 11.0 Å². The zero-order chi connectivity index (χ0) is 20.2. The minimum atomic E-state index is -0.936. The fourth-order valence-corrected chi connectivity index (χ4v) is 4.82. The Morgan fingerprint density at radius 1 is 1.10 bits per heavy atom. The molecular formula is C21H20FN7O. The lowest BCUT2D eigenvalue weighted by molar-refractivity contribution is 0.140. The van der Waals surface area contributed by atoms with Crippen LogP contribution in [0.1, 0.15) is 25.3 Å².